The molecule has 0 aromatic rings. The smallest absolute Gasteiger partial charge is 0.329 e. The van der Waals surface area contributed by atoms with E-state index >= 15 is 0 Å². The van der Waals surface area contributed by atoms with Gasteiger partial charge in [0.15, 0.2) is 17.7 Å². The molecule has 368 valence electrons. The maximum absolute atomic E-state index is 14.4. The molecule has 4 N–H and O–H groups in total. The van der Waals surface area contributed by atoms with E-state index in [2.05, 4.69) is 0 Å². The number of hydrogen-bond donors (Lipinski definition) is 4. The number of cyclic esters (lactones) is 1. The fourth-order valence-electron chi connectivity index (χ4n) is 10.3. The fraction of sp³-hybridized carbons (Fsp3) is 0.765. The second-order valence-electron chi connectivity index (χ2n) is 19.8. The lowest BCUT2D eigenvalue weighted by Crippen LogP contribution is -2.63. The summed E-state index contributed by atoms with van der Waals surface area (Å²) in [6.45, 7) is 12.9. The van der Waals surface area contributed by atoms with Gasteiger partial charge in [-0.15, -0.1) is 0 Å². The van der Waals surface area contributed by atoms with Crippen LogP contribution in [-0.4, -0.2) is 137 Å². The number of fused-ring (bicyclic) bond motifs is 3. The second-order valence-corrected chi connectivity index (χ2v) is 19.8. The average molecular weight is 916 g/mol. The van der Waals surface area contributed by atoms with E-state index in [1.54, 1.807) is 41.1 Å². The number of ketones is 2. The van der Waals surface area contributed by atoms with E-state index in [1.165, 1.54) is 12.0 Å². The molecule has 16 atom stereocenters. The molecule has 65 heavy (non-hydrogen) atoms. The normalized spacial score (nSPS) is 39.0. The highest BCUT2D eigenvalue weighted by molar-refractivity contribution is 5.95. The van der Waals surface area contributed by atoms with Crippen LogP contribution in [0.15, 0.2) is 47.6 Å². The van der Waals surface area contributed by atoms with Crippen molar-refractivity contribution in [3.05, 3.63) is 47.6 Å². The molecule has 4 rings (SSSR count). The molecule has 1 amide bonds. The van der Waals surface area contributed by atoms with Gasteiger partial charge in [0, 0.05) is 58.5 Å². The number of nitrogens with zero attached hydrogens (tertiary/aromatic N) is 1. The summed E-state index contributed by atoms with van der Waals surface area (Å²) in [6.07, 6.45) is 9.77. The topological polar surface area (TPSA) is 199 Å². The Bertz CT molecular complexity index is 1710. The third kappa shape index (κ3) is 14.5. The summed E-state index contributed by atoms with van der Waals surface area (Å²) >= 11 is 0. The van der Waals surface area contributed by atoms with Crippen LogP contribution < -0.4 is 0 Å². The Morgan fingerprint density at radius 3 is 2.26 bits per heavy atom. The van der Waals surface area contributed by atoms with Crippen LogP contribution in [0.2, 0.25) is 0 Å². The van der Waals surface area contributed by atoms with Gasteiger partial charge in [-0.3, -0.25) is 14.4 Å². The van der Waals surface area contributed by atoms with E-state index in [1.807, 2.05) is 58.1 Å². The molecule has 3 fully saturated rings. The first-order valence-corrected chi connectivity index (χ1v) is 24.1. The molecule has 0 radical (unpaired) electrons. The zero-order valence-corrected chi connectivity index (χ0v) is 40.7. The summed E-state index contributed by atoms with van der Waals surface area (Å²) in [5.41, 5.74) is 1.23. The molecule has 2 saturated heterocycles. The van der Waals surface area contributed by atoms with Crippen LogP contribution in [0.4, 0.5) is 0 Å². The van der Waals surface area contributed by atoms with Gasteiger partial charge in [-0.1, -0.05) is 71.1 Å². The van der Waals surface area contributed by atoms with Crippen molar-refractivity contribution in [1.82, 2.24) is 4.90 Å². The van der Waals surface area contributed by atoms with Crippen molar-refractivity contribution in [1.29, 1.82) is 0 Å². The van der Waals surface area contributed by atoms with Crippen molar-refractivity contribution in [2.75, 3.05) is 27.9 Å². The molecule has 1 saturated carbocycles. The third-order valence-electron chi connectivity index (χ3n) is 14.7. The van der Waals surface area contributed by atoms with Gasteiger partial charge in [0.2, 0.25) is 5.79 Å². The van der Waals surface area contributed by atoms with E-state index < -0.39 is 78.1 Å². The molecular formula is C51H81NO13. The molecule has 0 spiro atoms. The van der Waals surface area contributed by atoms with Crippen molar-refractivity contribution in [2.24, 2.45) is 35.5 Å². The number of esters is 1. The van der Waals surface area contributed by atoms with Crippen LogP contribution in [0, 0.1) is 35.5 Å². The zero-order chi connectivity index (χ0) is 48.2. The number of allylic oxidation sites excluding steroid dienone is 6. The van der Waals surface area contributed by atoms with Crippen LogP contribution in [0.1, 0.15) is 126 Å². The van der Waals surface area contributed by atoms with Crippen molar-refractivity contribution >= 4 is 23.4 Å². The predicted molar refractivity (Wildman–Crippen MR) is 246 cm³/mol. The largest absolute Gasteiger partial charge is 0.460 e. The number of Topliss-reactive ketones (excluding diaryl/α,β-unsaturated/α-hetero) is 2. The van der Waals surface area contributed by atoms with Gasteiger partial charge in [-0.05, 0) is 107 Å². The van der Waals surface area contributed by atoms with Crippen molar-refractivity contribution in [2.45, 2.75) is 186 Å². The van der Waals surface area contributed by atoms with Gasteiger partial charge in [-0.2, -0.15) is 0 Å². The Morgan fingerprint density at radius 2 is 1.58 bits per heavy atom. The molecule has 2 unspecified atom stereocenters. The summed E-state index contributed by atoms with van der Waals surface area (Å²) in [5, 5.41) is 45.7. The summed E-state index contributed by atoms with van der Waals surface area (Å²) in [7, 11) is 4.55. The number of carbonyl (C=O) groups excluding carboxylic acids is 4. The molecule has 0 aromatic carbocycles. The minimum absolute atomic E-state index is 0.0291. The Hall–Kier alpha value is -3.08. The number of methoxy groups -OCH3 is 3. The monoisotopic (exact) mass is 916 g/mol. The number of rotatable bonds is 6. The Balaban J connectivity index is 1.70. The summed E-state index contributed by atoms with van der Waals surface area (Å²) in [5.74, 6) is -6.20. The van der Waals surface area contributed by atoms with Crippen LogP contribution in [0.25, 0.3) is 0 Å². The first kappa shape index (κ1) is 54.5. The molecule has 14 heteroatoms. The van der Waals surface area contributed by atoms with E-state index in [4.69, 9.17) is 23.7 Å². The molecule has 2 bridgehead atoms. The minimum Gasteiger partial charge on any atom is -0.460 e. The summed E-state index contributed by atoms with van der Waals surface area (Å²) < 4.78 is 29.5. The molecule has 14 nitrogen and oxygen atoms in total. The molecule has 0 aromatic heterocycles. The first-order valence-electron chi connectivity index (χ1n) is 24.1. The van der Waals surface area contributed by atoms with Crippen LogP contribution in [0.3, 0.4) is 0 Å². The van der Waals surface area contributed by atoms with Gasteiger partial charge < -0.3 is 49.0 Å². The van der Waals surface area contributed by atoms with E-state index in [9.17, 15) is 39.6 Å². The lowest BCUT2D eigenvalue weighted by Gasteiger charge is -2.46. The number of amides is 1. The predicted octanol–water partition coefficient (Wildman–Crippen LogP) is 5.97. The van der Waals surface area contributed by atoms with E-state index in [-0.39, 0.29) is 60.9 Å². The van der Waals surface area contributed by atoms with Gasteiger partial charge in [0.05, 0.1) is 30.5 Å². The van der Waals surface area contributed by atoms with E-state index in [0.717, 1.165) is 12.0 Å². The highest BCUT2D eigenvalue weighted by Crippen LogP contribution is 2.39. The van der Waals surface area contributed by atoms with Crippen molar-refractivity contribution < 1.29 is 63.3 Å². The maximum Gasteiger partial charge on any atom is 0.329 e. The number of carbonyl (C=O) groups is 4. The summed E-state index contributed by atoms with van der Waals surface area (Å²) in [6, 6.07) is -1.08. The summed E-state index contributed by atoms with van der Waals surface area (Å²) in [4.78, 5) is 57.8. The Kier molecular flexibility index (Phi) is 21.3. The number of aliphatic hydroxyl groups is 4. The Labute approximate surface area is 387 Å². The quantitative estimate of drug-likeness (QED) is 0.228. The minimum atomic E-state index is -2.23. The van der Waals surface area contributed by atoms with Crippen LogP contribution in [-0.2, 0) is 42.9 Å². The number of piperidine rings is 1. The van der Waals surface area contributed by atoms with Gasteiger partial charge in [0.1, 0.15) is 18.2 Å². The molecule has 3 aliphatic heterocycles. The van der Waals surface area contributed by atoms with Crippen molar-refractivity contribution in [3.63, 3.8) is 0 Å². The molecular weight excluding hydrogens is 835 g/mol. The van der Waals surface area contributed by atoms with Gasteiger partial charge >= 0.3 is 5.97 Å². The SMILES string of the molecule is CO[C@H]1CC2CC[C@@H](C)[C@@](O)(O2)[C@H](O)C(=O)N2CCCC[C@H]2C(=O)O[C@H]([C@H](C)C[C@@H]2CC[C@@H](O)[C@H](OC)C2)CC(=O)C(C)=CC(C)[C@@H](O)[C@@H](OC)C(=O)[C@H](C)C[C@H](C)C=CC=CC=C1C. The zero-order valence-electron chi connectivity index (χ0n) is 40.7. The second kappa shape index (κ2) is 25.3. The van der Waals surface area contributed by atoms with Crippen LogP contribution in [0.5, 0.6) is 0 Å². The van der Waals surface area contributed by atoms with Crippen LogP contribution >= 0.6 is 0 Å². The third-order valence-corrected chi connectivity index (χ3v) is 14.7. The van der Waals surface area contributed by atoms with Gasteiger partial charge in [-0.25, -0.2) is 4.79 Å². The lowest BCUT2D eigenvalue weighted by atomic mass is 9.78. The Morgan fingerprint density at radius 1 is 0.862 bits per heavy atom. The molecule has 1 aliphatic carbocycles. The van der Waals surface area contributed by atoms with Gasteiger partial charge in [0.25, 0.3) is 5.91 Å². The number of hydrogen-bond acceptors (Lipinski definition) is 13. The maximum atomic E-state index is 14.4. The average Bonchev–Trinajstić information content (AvgIpc) is 3.28. The number of ether oxygens (including phenoxy) is 5. The lowest BCUT2D eigenvalue weighted by molar-refractivity contribution is -0.317. The molecule has 4 aliphatic rings. The van der Waals surface area contributed by atoms with E-state index in [0.29, 0.717) is 63.4 Å². The van der Waals surface area contributed by atoms with Crippen molar-refractivity contribution in [3.8, 4) is 0 Å². The first-order chi connectivity index (χ1) is 30.7. The highest BCUT2D eigenvalue weighted by atomic mass is 16.6. The fourth-order valence-corrected chi connectivity index (χ4v) is 10.3. The standard InChI is InChI=1S/C51H81NO13/c1-30-16-12-11-13-17-31(2)42(61-8)28-38-21-19-36(7)51(60,65-38)48(57)49(58)52-23-15-14-18-39(52)50(59)64-43(33(4)26-37-20-22-40(53)44(27-37)62-9)29-41(54)32(3)25-35(6)46(56)47(63-10)45(55)34(5)24-30/h11-13,16-17,25,30,33-40,42-44,46-48,53,56-57,60H,14-15,18-24,26-29H2,1-10H3/t30-,33-,34-,35?,36-,37+,38?,39+,40-,42+,43+,44-,46-,47+,48-,51-/m1/s1. The number of aliphatic hydroxyl groups excluding tert-OH is 3. The molecule has 3 heterocycles. The highest BCUT2D eigenvalue weighted by Gasteiger charge is 2.53.